The number of hydrogen-bond acceptors (Lipinski definition) is 2. The Labute approximate surface area is 115 Å². The number of hydrogen-bond donors (Lipinski definition) is 2. The van der Waals surface area contributed by atoms with Gasteiger partial charge < -0.3 is 11.1 Å². The Hall–Kier alpha value is -2.27. The van der Waals surface area contributed by atoms with Crippen LogP contribution in [0.4, 0.5) is 8.78 Å². The molecule has 2 aromatic carbocycles. The van der Waals surface area contributed by atoms with E-state index in [2.05, 4.69) is 5.32 Å². The molecule has 2 rings (SSSR count). The van der Waals surface area contributed by atoms with Crippen molar-refractivity contribution in [3.8, 4) is 0 Å². The van der Waals surface area contributed by atoms with Gasteiger partial charge in [0.2, 0.25) is 5.91 Å². The van der Waals surface area contributed by atoms with Crippen LogP contribution in [0.15, 0.2) is 42.5 Å². The summed E-state index contributed by atoms with van der Waals surface area (Å²) in [6.45, 7) is 0.979. The molecule has 5 heteroatoms. The molecule has 3 nitrogen and oxygen atoms in total. The maximum Gasteiger partial charge on any atom is 0.248 e. The first-order valence-electron chi connectivity index (χ1n) is 6.09. The van der Waals surface area contributed by atoms with Gasteiger partial charge in [0.05, 0.1) is 0 Å². The summed E-state index contributed by atoms with van der Waals surface area (Å²) < 4.78 is 25.8. The van der Waals surface area contributed by atoms with Crippen LogP contribution in [0.1, 0.15) is 21.5 Å². The van der Waals surface area contributed by atoms with Crippen LogP contribution in [0.25, 0.3) is 0 Å². The standard InChI is InChI=1S/C15H14F2N2O/c16-13-6-3-11(7-14(13)17)9-19-8-10-1-4-12(5-2-10)15(18)20/h1-7,19H,8-9H2,(H2,18,20). The topological polar surface area (TPSA) is 55.1 Å². The average Bonchev–Trinajstić information content (AvgIpc) is 2.43. The van der Waals surface area contributed by atoms with Crippen molar-refractivity contribution in [3.63, 3.8) is 0 Å². The summed E-state index contributed by atoms with van der Waals surface area (Å²) in [5, 5.41) is 3.11. The molecule has 0 radical (unpaired) electrons. The zero-order chi connectivity index (χ0) is 14.5. The Bertz CT molecular complexity index is 612. The number of nitrogens with two attached hydrogens (primary N) is 1. The highest BCUT2D eigenvalue weighted by atomic mass is 19.2. The number of carbonyl (C=O) groups is 1. The number of rotatable bonds is 5. The molecule has 3 N–H and O–H groups in total. The largest absolute Gasteiger partial charge is 0.366 e. The lowest BCUT2D eigenvalue weighted by atomic mass is 10.1. The van der Waals surface area contributed by atoms with Crippen LogP contribution in [-0.2, 0) is 13.1 Å². The van der Waals surface area contributed by atoms with Gasteiger partial charge in [0.25, 0.3) is 0 Å². The van der Waals surface area contributed by atoms with Gasteiger partial charge in [-0.1, -0.05) is 18.2 Å². The number of benzene rings is 2. The molecule has 0 aliphatic rings. The molecule has 20 heavy (non-hydrogen) atoms. The zero-order valence-electron chi connectivity index (χ0n) is 10.7. The molecule has 0 bridgehead atoms. The van der Waals surface area contributed by atoms with Crippen molar-refractivity contribution < 1.29 is 13.6 Å². The minimum atomic E-state index is -0.852. The number of nitrogens with one attached hydrogen (secondary N) is 1. The van der Waals surface area contributed by atoms with E-state index in [0.717, 1.165) is 11.6 Å². The van der Waals surface area contributed by atoms with Gasteiger partial charge in [-0.15, -0.1) is 0 Å². The Kier molecular flexibility index (Phi) is 4.42. The van der Waals surface area contributed by atoms with Gasteiger partial charge in [-0.2, -0.15) is 0 Å². The summed E-state index contributed by atoms with van der Waals surface area (Å²) in [4.78, 5) is 10.9. The maximum atomic E-state index is 13.0. The third-order valence-corrected chi connectivity index (χ3v) is 2.88. The van der Waals surface area contributed by atoms with Gasteiger partial charge in [-0.05, 0) is 35.4 Å². The molecular weight excluding hydrogens is 262 g/mol. The highest BCUT2D eigenvalue weighted by Gasteiger charge is 2.03. The van der Waals surface area contributed by atoms with E-state index >= 15 is 0 Å². The first-order valence-corrected chi connectivity index (χ1v) is 6.09. The normalized spacial score (nSPS) is 10.5. The van der Waals surface area contributed by atoms with Gasteiger partial charge in [0.15, 0.2) is 11.6 Å². The van der Waals surface area contributed by atoms with Crippen molar-refractivity contribution in [1.82, 2.24) is 5.32 Å². The highest BCUT2D eigenvalue weighted by molar-refractivity contribution is 5.92. The molecule has 0 aliphatic heterocycles. The van der Waals surface area contributed by atoms with E-state index in [1.165, 1.54) is 12.1 Å². The lowest BCUT2D eigenvalue weighted by Crippen LogP contribution is -2.14. The first-order chi connectivity index (χ1) is 9.56. The lowest BCUT2D eigenvalue weighted by Gasteiger charge is -2.06. The Balaban J connectivity index is 1.89. The smallest absolute Gasteiger partial charge is 0.248 e. The van der Waals surface area contributed by atoms with E-state index in [-0.39, 0.29) is 0 Å². The number of halogens is 2. The number of amides is 1. The van der Waals surface area contributed by atoms with E-state index in [0.29, 0.717) is 24.2 Å². The van der Waals surface area contributed by atoms with E-state index in [1.807, 2.05) is 0 Å². The molecule has 0 atom stereocenters. The average molecular weight is 276 g/mol. The highest BCUT2D eigenvalue weighted by Crippen LogP contribution is 2.09. The zero-order valence-corrected chi connectivity index (χ0v) is 10.7. The van der Waals surface area contributed by atoms with Crippen molar-refractivity contribution >= 4 is 5.91 Å². The summed E-state index contributed by atoms with van der Waals surface area (Å²) in [5.74, 6) is -2.17. The van der Waals surface area contributed by atoms with Gasteiger partial charge in [0, 0.05) is 18.7 Å². The minimum absolute atomic E-state index is 0.425. The molecular formula is C15H14F2N2O. The fraction of sp³-hybridized carbons (Fsp3) is 0.133. The quantitative estimate of drug-likeness (QED) is 0.880. The van der Waals surface area contributed by atoms with Crippen LogP contribution in [0, 0.1) is 11.6 Å². The fourth-order valence-electron chi connectivity index (χ4n) is 1.79. The molecule has 0 saturated carbocycles. The molecule has 2 aromatic rings. The Morgan fingerprint density at radius 1 is 0.950 bits per heavy atom. The maximum absolute atomic E-state index is 13.0. The van der Waals surface area contributed by atoms with Crippen molar-refractivity contribution in [2.45, 2.75) is 13.1 Å². The second kappa shape index (κ2) is 6.25. The summed E-state index contributed by atoms with van der Waals surface area (Å²) >= 11 is 0. The van der Waals surface area contributed by atoms with Crippen LogP contribution in [0.5, 0.6) is 0 Å². The number of primary amides is 1. The van der Waals surface area contributed by atoms with Crippen molar-refractivity contribution in [1.29, 1.82) is 0 Å². The summed E-state index contributed by atoms with van der Waals surface area (Å²) in [5.41, 5.74) is 7.23. The van der Waals surface area contributed by atoms with Crippen LogP contribution in [0.3, 0.4) is 0 Å². The third-order valence-electron chi connectivity index (χ3n) is 2.88. The molecule has 0 aromatic heterocycles. The van der Waals surface area contributed by atoms with Crippen LogP contribution < -0.4 is 11.1 Å². The predicted molar refractivity (Wildman–Crippen MR) is 71.9 cm³/mol. The second-order valence-corrected chi connectivity index (χ2v) is 4.41. The SMILES string of the molecule is NC(=O)c1ccc(CNCc2ccc(F)c(F)c2)cc1. The fourth-order valence-corrected chi connectivity index (χ4v) is 1.79. The van der Waals surface area contributed by atoms with E-state index < -0.39 is 17.5 Å². The predicted octanol–water partition coefficient (Wildman–Crippen LogP) is 2.35. The molecule has 104 valence electrons. The monoisotopic (exact) mass is 276 g/mol. The minimum Gasteiger partial charge on any atom is -0.366 e. The molecule has 0 fully saturated rings. The second-order valence-electron chi connectivity index (χ2n) is 4.41. The van der Waals surface area contributed by atoms with Crippen LogP contribution in [-0.4, -0.2) is 5.91 Å². The van der Waals surface area contributed by atoms with Crippen molar-refractivity contribution in [2.24, 2.45) is 5.73 Å². The Morgan fingerprint density at radius 3 is 2.15 bits per heavy atom. The van der Waals surface area contributed by atoms with E-state index in [9.17, 15) is 13.6 Å². The van der Waals surface area contributed by atoms with Crippen LogP contribution in [0.2, 0.25) is 0 Å². The molecule has 0 heterocycles. The third kappa shape index (κ3) is 3.61. The van der Waals surface area contributed by atoms with Gasteiger partial charge >= 0.3 is 0 Å². The summed E-state index contributed by atoms with van der Waals surface area (Å²) in [6.07, 6.45) is 0. The summed E-state index contributed by atoms with van der Waals surface area (Å²) in [6, 6.07) is 10.7. The van der Waals surface area contributed by atoms with Gasteiger partial charge in [-0.3, -0.25) is 4.79 Å². The molecule has 0 saturated heterocycles. The molecule has 0 unspecified atom stereocenters. The van der Waals surface area contributed by atoms with Crippen molar-refractivity contribution in [3.05, 3.63) is 70.8 Å². The number of carbonyl (C=O) groups excluding carboxylic acids is 1. The summed E-state index contributed by atoms with van der Waals surface area (Å²) in [7, 11) is 0. The molecule has 1 amide bonds. The van der Waals surface area contributed by atoms with Gasteiger partial charge in [0.1, 0.15) is 0 Å². The molecule has 0 aliphatic carbocycles. The van der Waals surface area contributed by atoms with Gasteiger partial charge in [-0.25, -0.2) is 8.78 Å². The van der Waals surface area contributed by atoms with Crippen LogP contribution >= 0.6 is 0 Å². The first kappa shape index (κ1) is 14.1. The van der Waals surface area contributed by atoms with E-state index in [4.69, 9.17) is 5.73 Å². The van der Waals surface area contributed by atoms with Crippen molar-refractivity contribution in [2.75, 3.05) is 0 Å². The Morgan fingerprint density at radius 2 is 1.55 bits per heavy atom. The molecule has 0 spiro atoms. The van der Waals surface area contributed by atoms with E-state index in [1.54, 1.807) is 24.3 Å². The lowest BCUT2D eigenvalue weighted by molar-refractivity contribution is 0.100.